The van der Waals surface area contributed by atoms with Gasteiger partial charge in [0.1, 0.15) is 5.78 Å². The van der Waals surface area contributed by atoms with Gasteiger partial charge in [0.15, 0.2) is 0 Å². The molecular formula is C16H22ClNO. The van der Waals surface area contributed by atoms with Gasteiger partial charge in [-0.05, 0) is 36.5 Å². The van der Waals surface area contributed by atoms with Crippen molar-refractivity contribution < 1.29 is 4.79 Å². The van der Waals surface area contributed by atoms with Gasteiger partial charge in [-0.25, -0.2) is 0 Å². The Balaban J connectivity index is 2.08. The minimum atomic E-state index is 0.0879. The number of carbonyl (C=O) groups is 1. The molecule has 1 atom stereocenters. The van der Waals surface area contributed by atoms with Crippen LogP contribution in [0.1, 0.15) is 39.0 Å². The van der Waals surface area contributed by atoms with E-state index in [1.54, 1.807) is 0 Å². The van der Waals surface area contributed by atoms with Gasteiger partial charge in [-0.2, -0.15) is 0 Å². The van der Waals surface area contributed by atoms with E-state index in [1.807, 2.05) is 18.2 Å². The Labute approximate surface area is 120 Å². The SMILES string of the molecule is CN(C[C@@]1(C)CCCCC(=O)C1)c1cccc(Cl)c1. The number of nitrogens with zero attached hydrogens (tertiary/aromatic N) is 1. The lowest BCUT2D eigenvalue weighted by atomic mass is 9.81. The van der Waals surface area contributed by atoms with Crippen molar-refractivity contribution in [2.75, 3.05) is 18.5 Å². The number of benzene rings is 1. The molecule has 0 amide bonds. The zero-order chi connectivity index (χ0) is 13.9. The molecule has 1 aromatic rings. The second kappa shape index (κ2) is 5.96. The van der Waals surface area contributed by atoms with Crippen molar-refractivity contribution in [3.05, 3.63) is 29.3 Å². The smallest absolute Gasteiger partial charge is 0.133 e. The maximum Gasteiger partial charge on any atom is 0.133 e. The summed E-state index contributed by atoms with van der Waals surface area (Å²) < 4.78 is 0. The van der Waals surface area contributed by atoms with Crippen molar-refractivity contribution in [3.63, 3.8) is 0 Å². The van der Waals surface area contributed by atoms with Crippen molar-refractivity contribution in [2.24, 2.45) is 5.41 Å². The summed E-state index contributed by atoms with van der Waals surface area (Å²) in [6, 6.07) is 7.89. The molecular weight excluding hydrogens is 258 g/mol. The summed E-state index contributed by atoms with van der Waals surface area (Å²) in [5, 5.41) is 0.756. The van der Waals surface area contributed by atoms with E-state index in [-0.39, 0.29) is 5.41 Å². The van der Waals surface area contributed by atoms with Gasteiger partial charge in [0.25, 0.3) is 0 Å². The average Bonchev–Trinajstić information content (AvgIpc) is 2.50. The number of carbonyl (C=O) groups excluding carboxylic acids is 1. The van der Waals surface area contributed by atoms with E-state index >= 15 is 0 Å². The number of hydrogen-bond donors (Lipinski definition) is 0. The molecule has 2 rings (SSSR count). The summed E-state index contributed by atoms with van der Waals surface area (Å²) in [5.74, 6) is 0.416. The van der Waals surface area contributed by atoms with Gasteiger partial charge in [0.05, 0.1) is 0 Å². The monoisotopic (exact) mass is 279 g/mol. The minimum Gasteiger partial charge on any atom is -0.374 e. The molecule has 0 bridgehead atoms. The molecule has 0 aliphatic heterocycles. The van der Waals surface area contributed by atoms with Gasteiger partial charge in [-0.15, -0.1) is 0 Å². The number of halogens is 1. The Morgan fingerprint density at radius 1 is 1.37 bits per heavy atom. The lowest BCUT2D eigenvalue weighted by Crippen LogP contribution is -2.34. The van der Waals surface area contributed by atoms with Crippen molar-refractivity contribution in [1.29, 1.82) is 0 Å². The molecule has 3 heteroatoms. The highest BCUT2D eigenvalue weighted by atomic mass is 35.5. The first-order valence-corrected chi connectivity index (χ1v) is 7.35. The lowest BCUT2D eigenvalue weighted by Gasteiger charge is -2.33. The number of ketones is 1. The molecule has 1 fully saturated rings. The predicted molar refractivity (Wildman–Crippen MR) is 80.9 cm³/mol. The Morgan fingerprint density at radius 3 is 2.89 bits per heavy atom. The standard InChI is InChI=1S/C16H22ClNO/c1-16(9-4-3-8-15(19)11-16)12-18(2)14-7-5-6-13(17)10-14/h5-7,10H,3-4,8-9,11-12H2,1-2H3/t16-/m0/s1. The zero-order valence-electron chi connectivity index (χ0n) is 11.8. The van der Waals surface area contributed by atoms with Crippen LogP contribution in [0.5, 0.6) is 0 Å². The topological polar surface area (TPSA) is 20.3 Å². The second-order valence-electron chi connectivity index (χ2n) is 6.07. The third-order valence-electron chi connectivity index (χ3n) is 3.98. The van der Waals surface area contributed by atoms with E-state index < -0.39 is 0 Å². The Kier molecular flexibility index (Phi) is 4.51. The van der Waals surface area contributed by atoms with Gasteiger partial charge < -0.3 is 4.90 Å². The molecule has 2 nitrogen and oxygen atoms in total. The first-order chi connectivity index (χ1) is 8.98. The van der Waals surface area contributed by atoms with E-state index in [9.17, 15) is 4.79 Å². The zero-order valence-corrected chi connectivity index (χ0v) is 12.5. The van der Waals surface area contributed by atoms with Crippen LogP contribution < -0.4 is 4.90 Å². The van der Waals surface area contributed by atoms with Crippen LogP contribution in [0, 0.1) is 5.41 Å². The first kappa shape index (κ1) is 14.4. The molecule has 0 heterocycles. The molecule has 0 spiro atoms. The first-order valence-electron chi connectivity index (χ1n) is 6.97. The maximum atomic E-state index is 11.8. The molecule has 0 unspecified atom stereocenters. The van der Waals surface area contributed by atoms with Crippen LogP contribution in [-0.2, 0) is 4.79 Å². The van der Waals surface area contributed by atoms with Crippen molar-refractivity contribution in [1.82, 2.24) is 0 Å². The molecule has 0 aromatic heterocycles. The molecule has 104 valence electrons. The third kappa shape index (κ3) is 3.97. The third-order valence-corrected chi connectivity index (χ3v) is 4.21. The average molecular weight is 280 g/mol. The van der Waals surface area contributed by atoms with Gasteiger partial charge in [-0.3, -0.25) is 4.79 Å². The molecule has 0 radical (unpaired) electrons. The van der Waals surface area contributed by atoms with Crippen molar-refractivity contribution >= 4 is 23.1 Å². The second-order valence-corrected chi connectivity index (χ2v) is 6.51. The van der Waals surface area contributed by atoms with Crippen LogP contribution in [0.25, 0.3) is 0 Å². The fourth-order valence-corrected chi connectivity index (χ4v) is 3.22. The number of rotatable bonds is 3. The summed E-state index contributed by atoms with van der Waals surface area (Å²) in [6.45, 7) is 3.14. The van der Waals surface area contributed by atoms with Crippen LogP contribution >= 0.6 is 11.6 Å². The molecule has 1 aliphatic rings. The molecule has 1 saturated carbocycles. The number of anilines is 1. The van der Waals surface area contributed by atoms with Gasteiger partial charge in [-0.1, -0.05) is 31.0 Å². The van der Waals surface area contributed by atoms with E-state index in [0.717, 1.165) is 42.9 Å². The largest absolute Gasteiger partial charge is 0.374 e. The van der Waals surface area contributed by atoms with E-state index in [2.05, 4.69) is 24.9 Å². The summed E-state index contributed by atoms with van der Waals surface area (Å²) >= 11 is 6.03. The fraction of sp³-hybridized carbons (Fsp3) is 0.562. The van der Waals surface area contributed by atoms with Crippen LogP contribution in [0.3, 0.4) is 0 Å². The summed E-state index contributed by atoms with van der Waals surface area (Å²) in [6.07, 6.45) is 4.80. The van der Waals surface area contributed by atoms with Crippen molar-refractivity contribution in [3.8, 4) is 0 Å². The Hall–Kier alpha value is -1.02. The lowest BCUT2D eigenvalue weighted by molar-refractivity contribution is -0.120. The van der Waals surface area contributed by atoms with Crippen LogP contribution in [0.4, 0.5) is 5.69 Å². The highest BCUT2D eigenvalue weighted by molar-refractivity contribution is 6.30. The highest BCUT2D eigenvalue weighted by Gasteiger charge is 2.30. The Bertz CT molecular complexity index is 460. The molecule has 0 N–H and O–H groups in total. The van der Waals surface area contributed by atoms with Crippen LogP contribution in [-0.4, -0.2) is 19.4 Å². The van der Waals surface area contributed by atoms with Gasteiger partial charge >= 0.3 is 0 Å². The van der Waals surface area contributed by atoms with Gasteiger partial charge in [0.2, 0.25) is 0 Å². The Morgan fingerprint density at radius 2 is 2.16 bits per heavy atom. The van der Waals surface area contributed by atoms with E-state index in [4.69, 9.17) is 11.6 Å². The van der Waals surface area contributed by atoms with Crippen LogP contribution in [0.15, 0.2) is 24.3 Å². The normalized spacial score (nSPS) is 24.1. The predicted octanol–water partition coefficient (Wildman–Crippen LogP) is 4.32. The van der Waals surface area contributed by atoms with Gasteiger partial charge in [0, 0.05) is 37.1 Å². The highest BCUT2D eigenvalue weighted by Crippen LogP contribution is 2.34. The van der Waals surface area contributed by atoms with E-state index in [1.165, 1.54) is 0 Å². The van der Waals surface area contributed by atoms with Crippen molar-refractivity contribution in [2.45, 2.75) is 39.0 Å². The molecule has 19 heavy (non-hydrogen) atoms. The summed E-state index contributed by atoms with van der Waals surface area (Å²) in [4.78, 5) is 14.0. The summed E-state index contributed by atoms with van der Waals surface area (Å²) in [7, 11) is 2.08. The number of hydrogen-bond acceptors (Lipinski definition) is 2. The van der Waals surface area contributed by atoms with E-state index in [0.29, 0.717) is 12.2 Å². The quantitative estimate of drug-likeness (QED) is 0.768. The molecule has 1 aliphatic carbocycles. The minimum absolute atomic E-state index is 0.0879. The van der Waals surface area contributed by atoms with Crippen LogP contribution in [0.2, 0.25) is 5.02 Å². The fourth-order valence-electron chi connectivity index (χ4n) is 3.04. The number of Topliss-reactive ketones (excluding diaryl/α,β-unsaturated/α-hetero) is 1. The molecule has 0 saturated heterocycles. The summed E-state index contributed by atoms with van der Waals surface area (Å²) in [5.41, 5.74) is 1.20. The molecule has 1 aromatic carbocycles. The maximum absolute atomic E-state index is 11.8.